The largest absolute Gasteiger partial charge is 0.489 e. The van der Waals surface area contributed by atoms with Gasteiger partial charge in [0.2, 0.25) is 0 Å². The summed E-state index contributed by atoms with van der Waals surface area (Å²) in [5.74, 6) is -0.346. The summed E-state index contributed by atoms with van der Waals surface area (Å²) < 4.78 is 20.8. The van der Waals surface area contributed by atoms with Crippen LogP contribution >= 0.6 is 39.3 Å². The van der Waals surface area contributed by atoms with E-state index in [4.69, 9.17) is 16.3 Å². The minimum absolute atomic E-state index is 0.116. The summed E-state index contributed by atoms with van der Waals surface area (Å²) in [6.45, 7) is 0.223. The third-order valence-electron chi connectivity index (χ3n) is 4.75. The van der Waals surface area contributed by atoms with E-state index >= 15 is 0 Å². The van der Waals surface area contributed by atoms with E-state index in [1.807, 2.05) is 24.3 Å². The van der Waals surface area contributed by atoms with Gasteiger partial charge in [0.25, 0.3) is 11.1 Å². The Balaban J connectivity index is 1.42. The Bertz CT molecular complexity index is 1180. The number of carbonyl (C=O) groups excluding carboxylic acids is 2. The zero-order valence-electron chi connectivity index (χ0n) is 16.6. The second-order valence-corrected chi connectivity index (χ2v) is 9.27. The van der Waals surface area contributed by atoms with Gasteiger partial charge in [0.1, 0.15) is 18.2 Å². The van der Waals surface area contributed by atoms with Crippen molar-refractivity contribution in [3.63, 3.8) is 0 Å². The maximum Gasteiger partial charge on any atom is 0.293 e. The van der Waals surface area contributed by atoms with Crippen LogP contribution in [0.25, 0.3) is 6.08 Å². The molecule has 0 unspecified atom stereocenters. The first-order valence-corrected chi connectivity index (χ1v) is 11.5. The molecule has 3 aromatic rings. The molecule has 0 N–H and O–H groups in total. The number of hydrogen-bond donors (Lipinski definition) is 0. The third-order valence-corrected chi connectivity index (χ3v) is 6.54. The van der Waals surface area contributed by atoms with Crippen LogP contribution in [0.4, 0.5) is 9.18 Å². The lowest BCUT2D eigenvalue weighted by Crippen LogP contribution is -2.28. The van der Waals surface area contributed by atoms with Crippen LogP contribution in [0.2, 0.25) is 5.02 Å². The lowest BCUT2D eigenvalue weighted by molar-refractivity contribution is -0.123. The molecule has 4 nitrogen and oxygen atoms in total. The second-order valence-electron chi connectivity index (χ2n) is 6.95. The molecule has 1 saturated heterocycles. The Morgan fingerprint density at radius 2 is 1.75 bits per heavy atom. The fourth-order valence-electron chi connectivity index (χ4n) is 3.04. The van der Waals surface area contributed by atoms with Crippen LogP contribution in [-0.4, -0.2) is 16.0 Å². The van der Waals surface area contributed by atoms with Gasteiger partial charge in [-0.1, -0.05) is 57.9 Å². The van der Waals surface area contributed by atoms with Crippen LogP contribution in [0.5, 0.6) is 5.75 Å². The number of halogens is 3. The molecule has 0 aromatic heterocycles. The normalized spacial score (nSPS) is 15.0. The van der Waals surface area contributed by atoms with E-state index in [0.717, 1.165) is 32.3 Å². The van der Waals surface area contributed by atoms with Gasteiger partial charge in [-0.25, -0.2) is 4.39 Å². The number of rotatable bonds is 6. The fourth-order valence-corrected chi connectivity index (χ4v) is 4.36. The summed E-state index contributed by atoms with van der Waals surface area (Å²) in [6, 6.07) is 19.3. The molecule has 0 atom stereocenters. The quantitative estimate of drug-likeness (QED) is 0.319. The van der Waals surface area contributed by atoms with Gasteiger partial charge in [-0.2, -0.15) is 0 Å². The summed E-state index contributed by atoms with van der Waals surface area (Å²) in [7, 11) is 0. The van der Waals surface area contributed by atoms with Gasteiger partial charge in [-0.3, -0.25) is 14.5 Å². The van der Waals surface area contributed by atoms with Crippen molar-refractivity contribution >= 4 is 56.5 Å². The molecule has 0 radical (unpaired) electrons. The van der Waals surface area contributed by atoms with E-state index in [1.54, 1.807) is 30.3 Å². The number of benzene rings is 3. The number of amides is 2. The van der Waals surface area contributed by atoms with Crippen LogP contribution in [0.3, 0.4) is 0 Å². The zero-order chi connectivity index (χ0) is 22.7. The molecule has 3 aromatic carbocycles. The van der Waals surface area contributed by atoms with Crippen LogP contribution in [0, 0.1) is 5.82 Å². The third kappa shape index (κ3) is 5.23. The predicted octanol–water partition coefficient (Wildman–Crippen LogP) is 7.06. The molecule has 1 fully saturated rings. The highest BCUT2D eigenvalue weighted by Crippen LogP contribution is 2.34. The van der Waals surface area contributed by atoms with E-state index in [9.17, 15) is 14.0 Å². The summed E-state index contributed by atoms with van der Waals surface area (Å²) in [5.41, 5.74) is 1.90. The average Bonchev–Trinajstić information content (AvgIpc) is 3.04. The van der Waals surface area contributed by atoms with E-state index in [0.29, 0.717) is 12.4 Å². The maximum atomic E-state index is 14.1. The van der Waals surface area contributed by atoms with E-state index < -0.39 is 17.0 Å². The second kappa shape index (κ2) is 9.90. The first kappa shape index (κ1) is 22.6. The highest BCUT2D eigenvalue weighted by atomic mass is 79.9. The molecule has 1 heterocycles. The van der Waals surface area contributed by atoms with Crippen molar-refractivity contribution in [1.82, 2.24) is 4.90 Å². The van der Waals surface area contributed by atoms with Crippen LogP contribution in [-0.2, 0) is 17.9 Å². The minimum Gasteiger partial charge on any atom is -0.489 e. The summed E-state index contributed by atoms with van der Waals surface area (Å²) >= 11 is 10.3. The molecule has 0 saturated carbocycles. The Hall–Kier alpha value is -2.61. The first-order valence-electron chi connectivity index (χ1n) is 9.56. The molecule has 0 aliphatic carbocycles. The van der Waals surface area contributed by atoms with Crippen molar-refractivity contribution in [3.05, 3.63) is 104 Å². The minimum atomic E-state index is -0.556. The Morgan fingerprint density at radius 1 is 1.03 bits per heavy atom. The maximum absolute atomic E-state index is 14.1. The van der Waals surface area contributed by atoms with Crippen molar-refractivity contribution in [2.24, 2.45) is 0 Å². The van der Waals surface area contributed by atoms with Gasteiger partial charge in [-0.05, 0) is 65.4 Å². The van der Waals surface area contributed by atoms with Gasteiger partial charge >= 0.3 is 0 Å². The first-order chi connectivity index (χ1) is 15.4. The molecule has 1 aliphatic heterocycles. The van der Waals surface area contributed by atoms with Gasteiger partial charge in [0, 0.05) is 15.1 Å². The van der Waals surface area contributed by atoms with Gasteiger partial charge < -0.3 is 4.74 Å². The molecule has 8 heteroatoms. The number of imide groups is 1. The molecular weight excluding hydrogens is 517 g/mol. The van der Waals surface area contributed by atoms with E-state index in [2.05, 4.69) is 15.9 Å². The van der Waals surface area contributed by atoms with Crippen LogP contribution in [0.15, 0.2) is 76.1 Å². The molecule has 1 aliphatic rings. The molecular formula is C24H16BrClFNO3S. The van der Waals surface area contributed by atoms with Gasteiger partial charge in [-0.15, -0.1) is 0 Å². The fraction of sp³-hybridized carbons (Fsp3) is 0.0833. The lowest BCUT2D eigenvalue weighted by Gasteiger charge is -2.14. The Labute approximate surface area is 202 Å². The highest BCUT2D eigenvalue weighted by Gasteiger charge is 2.35. The molecule has 32 heavy (non-hydrogen) atoms. The Kier molecular flexibility index (Phi) is 6.98. The molecule has 4 rings (SSSR count). The summed E-state index contributed by atoms with van der Waals surface area (Å²) in [4.78, 5) is 26.3. The topological polar surface area (TPSA) is 46.6 Å². The number of carbonyl (C=O) groups is 2. The smallest absolute Gasteiger partial charge is 0.293 e. The SMILES string of the molecule is O=C1S/C(=C\c2ccc(OCc3ccc(Br)cc3)cc2)C(=O)N1Cc1c(F)cccc1Cl. The lowest BCUT2D eigenvalue weighted by atomic mass is 10.2. The van der Waals surface area contributed by atoms with Crippen molar-refractivity contribution in [3.8, 4) is 5.75 Å². The summed E-state index contributed by atoms with van der Waals surface area (Å²) in [6.07, 6.45) is 1.63. The van der Waals surface area contributed by atoms with Crippen molar-refractivity contribution < 1.29 is 18.7 Å². The van der Waals surface area contributed by atoms with Crippen molar-refractivity contribution in [2.75, 3.05) is 0 Å². The van der Waals surface area contributed by atoms with Crippen LogP contribution < -0.4 is 4.74 Å². The molecule has 0 bridgehead atoms. The van der Waals surface area contributed by atoms with Crippen molar-refractivity contribution in [1.29, 1.82) is 0 Å². The number of nitrogens with zero attached hydrogens (tertiary/aromatic N) is 1. The van der Waals surface area contributed by atoms with Crippen LogP contribution in [0.1, 0.15) is 16.7 Å². The van der Waals surface area contributed by atoms with Crippen molar-refractivity contribution in [2.45, 2.75) is 13.2 Å². The highest BCUT2D eigenvalue weighted by molar-refractivity contribution is 9.10. The van der Waals surface area contributed by atoms with Gasteiger partial charge in [0.05, 0.1) is 11.4 Å². The number of ether oxygens (including phenoxy) is 1. The zero-order valence-corrected chi connectivity index (χ0v) is 19.7. The number of hydrogen-bond acceptors (Lipinski definition) is 4. The van der Waals surface area contributed by atoms with E-state index in [-0.39, 0.29) is 22.0 Å². The number of thioether (sulfide) groups is 1. The monoisotopic (exact) mass is 531 g/mol. The summed E-state index contributed by atoms with van der Waals surface area (Å²) in [5, 5.41) is -0.290. The molecule has 0 spiro atoms. The predicted molar refractivity (Wildman–Crippen MR) is 128 cm³/mol. The van der Waals surface area contributed by atoms with Gasteiger partial charge in [0.15, 0.2) is 0 Å². The molecule has 162 valence electrons. The standard InChI is InChI=1S/C24H16BrClFNO3S/c25-17-8-4-16(5-9-17)14-31-18-10-6-15(7-11-18)12-22-23(29)28(24(30)32-22)13-19-20(26)2-1-3-21(19)27/h1-12H,13-14H2/b22-12-. The Morgan fingerprint density at radius 3 is 2.44 bits per heavy atom. The average molecular weight is 533 g/mol. The van der Waals surface area contributed by atoms with E-state index in [1.165, 1.54) is 18.2 Å². The molecule has 2 amide bonds.